The van der Waals surface area contributed by atoms with Crippen molar-refractivity contribution in [1.82, 2.24) is 5.32 Å². The van der Waals surface area contributed by atoms with E-state index in [2.05, 4.69) is 5.32 Å². The minimum atomic E-state index is -0.101. The molecule has 1 aromatic rings. The summed E-state index contributed by atoms with van der Waals surface area (Å²) in [5, 5.41) is 3.41. The Balaban J connectivity index is 1.93. The Morgan fingerprint density at radius 1 is 1.53 bits per heavy atom. The standard InChI is InChI=1S/C12H15ClN2O2/c13-10-2-1-3-11(9(10)6-14)17-7-12(16)15-8-4-5-8/h1-3,8H,4-7,14H2,(H,15,16). The quantitative estimate of drug-likeness (QED) is 0.836. The molecule has 92 valence electrons. The normalized spacial score (nSPS) is 14.5. The van der Waals surface area contributed by atoms with E-state index in [1.807, 2.05) is 0 Å². The molecular formula is C12H15ClN2O2. The summed E-state index contributed by atoms with van der Waals surface area (Å²) in [7, 11) is 0. The lowest BCUT2D eigenvalue weighted by Gasteiger charge is -2.11. The van der Waals surface area contributed by atoms with E-state index >= 15 is 0 Å². The lowest BCUT2D eigenvalue weighted by Crippen LogP contribution is -2.30. The summed E-state index contributed by atoms with van der Waals surface area (Å²) in [5.74, 6) is 0.474. The molecule has 1 aliphatic rings. The van der Waals surface area contributed by atoms with Gasteiger partial charge in [-0.15, -0.1) is 0 Å². The van der Waals surface area contributed by atoms with Gasteiger partial charge in [-0.1, -0.05) is 17.7 Å². The zero-order valence-electron chi connectivity index (χ0n) is 9.41. The maximum absolute atomic E-state index is 11.5. The van der Waals surface area contributed by atoms with Crippen LogP contribution in [-0.4, -0.2) is 18.6 Å². The predicted molar refractivity (Wildman–Crippen MR) is 66.0 cm³/mol. The summed E-state index contributed by atoms with van der Waals surface area (Å²) in [6, 6.07) is 5.63. The summed E-state index contributed by atoms with van der Waals surface area (Å²) in [4.78, 5) is 11.5. The molecule has 1 aliphatic carbocycles. The Morgan fingerprint density at radius 3 is 2.94 bits per heavy atom. The number of halogens is 1. The smallest absolute Gasteiger partial charge is 0.258 e. The van der Waals surface area contributed by atoms with Crippen LogP contribution >= 0.6 is 11.6 Å². The number of amides is 1. The van der Waals surface area contributed by atoms with Crippen molar-refractivity contribution < 1.29 is 9.53 Å². The summed E-state index contributed by atoms with van der Waals surface area (Å²) < 4.78 is 5.42. The molecule has 0 radical (unpaired) electrons. The second kappa shape index (κ2) is 5.38. The van der Waals surface area contributed by atoms with Crippen molar-refractivity contribution in [2.75, 3.05) is 6.61 Å². The lowest BCUT2D eigenvalue weighted by atomic mass is 10.2. The van der Waals surface area contributed by atoms with Crippen molar-refractivity contribution >= 4 is 17.5 Å². The molecule has 0 bridgehead atoms. The van der Waals surface area contributed by atoms with Crippen LogP contribution in [0.25, 0.3) is 0 Å². The maximum Gasteiger partial charge on any atom is 0.258 e. The number of hydrogen-bond donors (Lipinski definition) is 2. The molecule has 4 nitrogen and oxygen atoms in total. The minimum Gasteiger partial charge on any atom is -0.483 e. The maximum atomic E-state index is 11.5. The molecule has 1 aromatic carbocycles. The first kappa shape index (κ1) is 12.2. The van der Waals surface area contributed by atoms with Gasteiger partial charge in [0.2, 0.25) is 0 Å². The summed E-state index contributed by atoms with van der Waals surface area (Å²) >= 11 is 5.98. The third-order valence-corrected chi connectivity index (χ3v) is 2.94. The van der Waals surface area contributed by atoms with Crippen LogP contribution in [-0.2, 0) is 11.3 Å². The van der Waals surface area contributed by atoms with E-state index in [-0.39, 0.29) is 12.5 Å². The molecule has 0 aliphatic heterocycles. The molecule has 5 heteroatoms. The molecule has 0 spiro atoms. The molecule has 1 amide bonds. The van der Waals surface area contributed by atoms with Gasteiger partial charge in [-0.3, -0.25) is 4.79 Å². The zero-order chi connectivity index (χ0) is 12.3. The average molecular weight is 255 g/mol. The molecule has 1 fully saturated rings. The molecule has 0 heterocycles. The number of nitrogens with one attached hydrogen (secondary N) is 1. The first-order valence-corrected chi connectivity index (χ1v) is 5.98. The molecule has 0 unspecified atom stereocenters. The van der Waals surface area contributed by atoms with Crippen LogP contribution in [0.4, 0.5) is 0 Å². The first-order chi connectivity index (χ1) is 8.20. The van der Waals surface area contributed by atoms with E-state index in [0.29, 0.717) is 23.4 Å². The van der Waals surface area contributed by atoms with E-state index < -0.39 is 0 Å². The van der Waals surface area contributed by atoms with Gasteiger partial charge >= 0.3 is 0 Å². The predicted octanol–water partition coefficient (Wildman–Crippen LogP) is 1.46. The Labute approximate surface area is 105 Å². The van der Waals surface area contributed by atoms with Gasteiger partial charge in [0.1, 0.15) is 5.75 Å². The van der Waals surface area contributed by atoms with E-state index in [1.54, 1.807) is 18.2 Å². The third-order valence-electron chi connectivity index (χ3n) is 2.58. The highest BCUT2D eigenvalue weighted by Crippen LogP contribution is 2.25. The van der Waals surface area contributed by atoms with Crippen LogP contribution in [0.2, 0.25) is 5.02 Å². The van der Waals surface area contributed by atoms with E-state index in [0.717, 1.165) is 18.4 Å². The van der Waals surface area contributed by atoms with Crippen LogP contribution in [0.5, 0.6) is 5.75 Å². The molecule has 1 saturated carbocycles. The van der Waals surface area contributed by atoms with Crippen molar-refractivity contribution in [2.45, 2.75) is 25.4 Å². The Morgan fingerprint density at radius 2 is 2.29 bits per heavy atom. The fraction of sp³-hybridized carbons (Fsp3) is 0.417. The van der Waals surface area contributed by atoms with E-state index in [4.69, 9.17) is 22.1 Å². The Bertz CT molecular complexity index is 419. The highest BCUT2D eigenvalue weighted by Gasteiger charge is 2.23. The topological polar surface area (TPSA) is 64.3 Å². The second-order valence-corrected chi connectivity index (χ2v) is 4.46. The van der Waals surface area contributed by atoms with Crippen LogP contribution in [0.3, 0.4) is 0 Å². The monoisotopic (exact) mass is 254 g/mol. The third kappa shape index (κ3) is 3.35. The molecular weight excluding hydrogens is 240 g/mol. The van der Waals surface area contributed by atoms with Gasteiger partial charge < -0.3 is 15.8 Å². The molecule has 0 aromatic heterocycles. The lowest BCUT2D eigenvalue weighted by molar-refractivity contribution is -0.123. The number of carbonyl (C=O) groups is 1. The van der Waals surface area contributed by atoms with Crippen molar-refractivity contribution in [3.05, 3.63) is 28.8 Å². The van der Waals surface area contributed by atoms with Crippen LogP contribution in [0, 0.1) is 0 Å². The van der Waals surface area contributed by atoms with E-state index in [1.165, 1.54) is 0 Å². The number of ether oxygens (including phenoxy) is 1. The molecule has 0 atom stereocenters. The minimum absolute atomic E-state index is 0.00381. The molecule has 17 heavy (non-hydrogen) atoms. The van der Waals surface area contributed by atoms with Crippen LogP contribution in [0.1, 0.15) is 18.4 Å². The molecule has 3 N–H and O–H groups in total. The van der Waals surface area contributed by atoms with Gasteiger partial charge in [-0.05, 0) is 25.0 Å². The highest BCUT2D eigenvalue weighted by molar-refractivity contribution is 6.31. The highest BCUT2D eigenvalue weighted by atomic mass is 35.5. The summed E-state index contributed by atoms with van der Waals surface area (Å²) in [6.45, 7) is 0.295. The number of hydrogen-bond acceptors (Lipinski definition) is 3. The van der Waals surface area contributed by atoms with Gasteiger partial charge in [0, 0.05) is 23.2 Å². The van der Waals surface area contributed by atoms with Gasteiger partial charge in [0.15, 0.2) is 6.61 Å². The van der Waals surface area contributed by atoms with Crippen molar-refractivity contribution in [3.8, 4) is 5.75 Å². The van der Waals surface area contributed by atoms with Gasteiger partial charge in [0.05, 0.1) is 0 Å². The van der Waals surface area contributed by atoms with Crippen molar-refractivity contribution in [1.29, 1.82) is 0 Å². The van der Waals surface area contributed by atoms with Gasteiger partial charge in [0.25, 0.3) is 5.91 Å². The number of benzene rings is 1. The summed E-state index contributed by atoms with van der Waals surface area (Å²) in [5.41, 5.74) is 6.31. The first-order valence-electron chi connectivity index (χ1n) is 5.60. The molecule has 2 rings (SSSR count). The summed E-state index contributed by atoms with van der Waals surface area (Å²) in [6.07, 6.45) is 2.13. The zero-order valence-corrected chi connectivity index (χ0v) is 10.2. The van der Waals surface area contributed by atoms with E-state index in [9.17, 15) is 4.79 Å². The Hall–Kier alpha value is -1.26. The SMILES string of the molecule is NCc1c(Cl)cccc1OCC(=O)NC1CC1. The van der Waals surface area contributed by atoms with Crippen molar-refractivity contribution in [2.24, 2.45) is 5.73 Å². The largest absolute Gasteiger partial charge is 0.483 e. The number of rotatable bonds is 5. The van der Waals surface area contributed by atoms with Crippen LogP contribution in [0.15, 0.2) is 18.2 Å². The van der Waals surface area contributed by atoms with Gasteiger partial charge in [-0.25, -0.2) is 0 Å². The Kier molecular flexibility index (Phi) is 3.86. The number of carbonyl (C=O) groups excluding carboxylic acids is 1. The fourth-order valence-electron chi connectivity index (χ4n) is 1.51. The number of nitrogens with two attached hydrogens (primary N) is 1. The average Bonchev–Trinajstić information content (AvgIpc) is 3.10. The van der Waals surface area contributed by atoms with Crippen molar-refractivity contribution in [3.63, 3.8) is 0 Å². The van der Waals surface area contributed by atoms with Gasteiger partial charge in [-0.2, -0.15) is 0 Å². The van der Waals surface area contributed by atoms with Crippen LogP contribution < -0.4 is 15.8 Å². The molecule has 0 saturated heterocycles. The fourth-order valence-corrected chi connectivity index (χ4v) is 1.76. The second-order valence-electron chi connectivity index (χ2n) is 4.05.